The Kier molecular flexibility index (Phi) is 3.96. The fraction of sp³-hybridized carbons (Fsp3) is 0.385. The van der Waals surface area contributed by atoms with E-state index in [2.05, 4.69) is 48.3 Å². The molecule has 0 spiro atoms. The second kappa shape index (κ2) is 5.71. The first-order valence-corrected chi connectivity index (χ1v) is 7.67. The molecule has 0 bridgehead atoms. The van der Waals surface area contributed by atoms with Crippen LogP contribution in [0.25, 0.3) is 11.4 Å². The fourth-order valence-electron chi connectivity index (χ4n) is 2.31. The van der Waals surface area contributed by atoms with E-state index in [0.29, 0.717) is 11.1 Å². The van der Waals surface area contributed by atoms with Crippen molar-refractivity contribution in [2.24, 2.45) is 0 Å². The van der Waals surface area contributed by atoms with Gasteiger partial charge in [0.2, 0.25) is 5.95 Å². The summed E-state index contributed by atoms with van der Waals surface area (Å²) in [6, 6.07) is 6.07. The summed E-state index contributed by atoms with van der Waals surface area (Å²) in [5, 5.41) is 11.4. The van der Waals surface area contributed by atoms with Crippen LogP contribution in [0.1, 0.15) is 6.92 Å². The van der Waals surface area contributed by atoms with Crippen molar-refractivity contribution in [2.45, 2.75) is 13.0 Å². The molecule has 106 valence electrons. The van der Waals surface area contributed by atoms with Crippen molar-refractivity contribution in [1.82, 2.24) is 20.5 Å². The molecule has 0 radical (unpaired) electrons. The molecule has 1 atom stereocenters. The van der Waals surface area contributed by atoms with Gasteiger partial charge in [-0.25, -0.2) is 0 Å². The molecule has 2 aromatic rings. The molecule has 0 unspecified atom stereocenters. The van der Waals surface area contributed by atoms with Crippen LogP contribution in [0.2, 0.25) is 5.02 Å². The van der Waals surface area contributed by atoms with Crippen LogP contribution in [-0.2, 0) is 0 Å². The van der Waals surface area contributed by atoms with Crippen molar-refractivity contribution in [3.05, 3.63) is 27.7 Å². The maximum atomic E-state index is 6.04. The number of benzene rings is 1. The zero-order valence-electron chi connectivity index (χ0n) is 11.0. The van der Waals surface area contributed by atoms with Gasteiger partial charge in [-0.05, 0) is 25.1 Å². The van der Waals surface area contributed by atoms with Gasteiger partial charge in [0.05, 0.1) is 0 Å². The quantitative estimate of drug-likeness (QED) is 0.868. The molecule has 0 saturated carbocycles. The van der Waals surface area contributed by atoms with Gasteiger partial charge in [0, 0.05) is 40.7 Å². The Hall–Kier alpha value is -1.11. The summed E-state index contributed by atoms with van der Waals surface area (Å²) in [6.45, 7) is 4.94. The molecule has 7 heteroatoms. The highest BCUT2D eigenvalue weighted by Gasteiger charge is 2.20. The highest BCUT2D eigenvalue weighted by Crippen LogP contribution is 2.29. The normalized spacial score (nSPS) is 19.4. The summed E-state index contributed by atoms with van der Waals surface area (Å²) >= 11 is 9.55. The number of piperazine rings is 1. The predicted molar refractivity (Wildman–Crippen MR) is 84.2 cm³/mol. The van der Waals surface area contributed by atoms with E-state index in [9.17, 15) is 0 Å². The molecular weight excluding hydrogens is 342 g/mol. The molecule has 1 aliphatic rings. The zero-order valence-corrected chi connectivity index (χ0v) is 13.4. The van der Waals surface area contributed by atoms with Gasteiger partial charge in [-0.2, -0.15) is 4.98 Å². The average Bonchev–Trinajstić information content (AvgIpc) is 2.91. The van der Waals surface area contributed by atoms with Crippen molar-refractivity contribution in [1.29, 1.82) is 0 Å². The van der Waals surface area contributed by atoms with Crippen LogP contribution in [0.4, 0.5) is 5.95 Å². The molecular formula is C13H15BrClN5. The van der Waals surface area contributed by atoms with Crippen LogP contribution in [0.3, 0.4) is 0 Å². The Morgan fingerprint density at radius 3 is 3.10 bits per heavy atom. The molecule has 20 heavy (non-hydrogen) atoms. The Bertz CT molecular complexity index is 615. The number of rotatable bonds is 2. The molecule has 1 fully saturated rings. The van der Waals surface area contributed by atoms with Crippen molar-refractivity contribution < 1.29 is 0 Å². The van der Waals surface area contributed by atoms with E-state index in [1.165, 1.54) is 0 Å². The summed E-state index contributed by atoms with van der Waals surface area (Å²) in [7, 11) is 0. The highest BCUT2D eigenvalue weighted by atomic mass is 79.9. The Morgan fingerprint density at radius 1 is 1.45 bits per heavy atom. The lowest BCUT2D eigenvalue weighted by atomic mass is 10.2. The fourth-order valence-corrected chi connectivity index (χ4v) is 2.91. The van der Waals surface area contributed by atoms with Crippen LogP contribution >= 0.6 is 27.5 Å². The van der Waals surface area contributed by atoms with E-state index in [1.807, 2.05) is 18.2 Å². The largest absolute Gasteiger partial charge is 0.337 e. The van der Waals surface area contributed by atoms with Gasteiger partial charge in [-0.3, -0.25) is 5.10 Å². The Labute approximate surface area is 130 Å². The monoisotopic (exact) mass is 355 g/mol. The maximum Gasteiger partial charge on any atom is 0.245 e. The van der Waals surface area contributed by atoms with E-state index in [4.69, 9.17) is 11.6 Å². The first-order valence-electron chi connectivity index (χ1n) is 6.49. The molecule has 5 nitrogen and oxygen atoms in total. The molecule has 2 N–H and O–H groups in total. The average molecular weight is 357 g/mol. The first-order chi connectivity index (χ1) is 9.63. The number of aromatic amines is 1. The topological polar surface area (TPSA) is 56.8 Å². The summed E-state index contributed by atoms with van der Waals surface area (Å²) in [5.74, 6) is 1.46. The molecule has 1 aromatic heterocycles. The number of hydrogen-bond acceptors (Lipinski definition) is 4. The molecule has 2 heterocycles. The number of halogens is 2. The summed E-state index contributed by atoms with van der Waals surface area (Å²) in [5.41, 5.74) is 0.916. The third kappa shape index (κ3) is 2.82. The lowest BCUT2D eigenvalue weighted by molar-refractivity contribution is 0.480. The van der Waals surface area contributed by atoms with Crippen LogP contribution in [-0.4, -0.2) is 40.9 Å². The van der Waals surface area contributed by atoms with Crippen molar-refractivity contribution >= 4 is 33.5 Å². The van der Waals surface area contributed by atoms with E-state index in [-0.39, 0.29) is 0 Å². The Morgan fingerprint density at radius 2 is 2.30 bits per heavy atom. The smallest absolute Gasteiger partial charge is 0.245 e. The van der Waals surface area contributed by atoms with E-state index < -0.39 is 0 Å². The van der Waals surface area contributed by atoms with Gasteiger partial charge in [0.15, 0.2) is 5.82 Å². The molecule has 3 rings (SSSR count). The van der Waals surface area contributed by atoms with Gasteiger partial charge < -0.3 is 10.2 Å². The van der Waals surface area contributed by atoms with Gasteiger partial charge in [0.25, 0.3) is 0 Å². The number of anilines is 1. The van der Waals surface area contributed by atoms with Gasteiger partial charge in [-0.1, -0.05) is 27.5 Å². The third-order valence-corrected chi connectivity index (χ3v) is 4.24. The summed E-state index contributed by atoms with van der Waals surface area (Å²) in [6.07, 6.45) is 0. The minimum atomic E-state index is 0.448. The SMILES string of the molecule is C[C@H]1CN(c2n[nH]c(-c3cc(Cl)ccc3Br)n2)CCN1. The van der Waals surface area contributed by atoms with Crippen molar-refractivity contribution in [3.8, 4) is 11.4 Å². The Balaban J connectivity index is 1.88. The lowest BCUT2D eigenvalue weighted by Gasteiger charge is -2.30. The highest BCUT2D eigenvalue weighted by molar-refractivity contribution is 9.10. The summed E-state index contributed by atoms with van der Waals surface area (Å²) < 4.78 is 0.943. The van der Waals surface area contributed by atoms with Crippen molar-refractivity contribution in [3.63, 3.8) is 0 Å². The first kappa shape index (κ1) is 13.9. The maximum absolute atomic E-state index is 6.04. The molecule has 1 saturated heterocycles. The van der Waals surface area contributed by atoms with E-state index in [0.717, 1.165) is 41.4 Å². The number of hydrogen-bond donors (Lipinski definition) is 2. The number of nitrogens with zero attached hydrogens (tertiary/aromatic N) is 3. The van der Waals surface area contributed by atoms with Crippen LogP contribution in [0.15, 0.2) is 22.7 Å². The van der Waals surface area contributed by atoms with Crippen LogP contribution in [0, 0.1) is 0 Å². The standard InChI is InChI=1S/C13H15BrClN5/c1-8-7-20(5-4-16-8)13-17-12(18-19-13)10-6-9(15)2-3-11(10)14/h2-3,6,8,16H,4-5,7H2,1H3,(H,17,18,19)/t8-/m0/s1. The third-order valence-electron chi connectivity index (χ3n) is 3.31. The minimum Gasteiger partial charge on any atom is -0.337 e. The number of aromatic nitrogens is 3. The van der Waals surface area contributed by atoms with E-state index >= 15 is 0 Å². The second-order valence-corrected chi connectivity index (χ2v) is 6.20. The van der Waals surface area contributed by atoms with Crippen LogP contribution < -0.4 is 10.2 Å². The second-order valence-electron chi connectivity index (χ2n) is 4.91. The van der Waals surface area contributed by atoms with E-state index in [1.54, 1.807) is 0 Å². The lowest BCUT2D eigenvalue weighted by Crippen LogP contribution is -2.49. The predicted octanol–water partition coefficient (Wildman–Crippen LogP) is 2.69. The van der Waals surface area contributed by atoms with Crippen LogP contribution in [0.5, 0.6) is 0 Å². The van der Waals surface area contributed by atoms with Crippen molar-refractivity contribution in [2.75, 3.05) is 24.5 Å². The van der Waals surface area contributed by atoms with Gasteiger partial charge >= 0.3 is 0 Å². The number of nitrogens with one attached hydrogen (secondary N) is 2. The van der Waals surface area contributed by atoms with Gasteiger partial charge in [-0.15, -0.1) is 5.10 Å². The number of H-pyrrole nitrogens is 1. The molecule has 1 aliphatic heterocycles. The molecule has 0 aliphatic carbocycles. The molecule has 1 aromatic carbocycles. The van der Waals surface area contributed by atoms with Gasteiger partial charge in [0.1, 0.15) is 0 Å². The summed E-state index contributed by atoms with van der Waals surface area (Å²) in [4.78, 5) is 6.76. The zero-order chi connectivity index (χ0) is 14.1. The molecule has 0 amide bonds. The minimum absolute atomic E-state index is 0.448.